The smallest absolute Gasteiger partial charge is 0.341 e. The van der Waals surface area contributed by atoms with Crippen molar-refractivity contribution in [1.29, 1.82) is 0 Å². The molecule has 2 fully saturated rings. The fourth-order valence-corrected chi connectivity index (χ4v) is 5.09. The Morgan fingerprint density at radius 1 is 1.19 bits per heavy atom. The zero-order chi connectivity index (χ0) is 26.8. The van der Waals surface area contributed by atoms with Gasteiger partial charge in [0.25, 0.3) is 0 Å². The lowest BCUT2D eigenvalue weighted by molar-refractivity contribution is -0.158. The van der Waals surface area contributed by atoms with Crippen LogP contribution in [-0.2, 0) is 19.1 Å². The van der Waals surface area contributed by atoms with Gasteiger partial charge in [0.15, 0.2) is 0 Å². The fourth-order valence-electron chi connectivity index (χ4n) is 5.09. The number of unbranched alkanes of at least 4 members (excludes halogenated alkanes) is 2. The highest BCUT2D eigenvalue weighted by Crippen LogP contribution is 2.26. The summed E-state index contributed by atoms with van der Waals surface area (Å²) in [5.41, 5.74) is 0.402. The molecule has 1 N–H and O–H groups in total. The summed E-state index contributed by atoms with van der Waals surface area (Å²) in [6, 6.07) is 2.84. The molecule has 0 unspecified atom stereocenters. The third-order valence-corrected chi connectivity index (χ3v) is 7.03. The lowest BCUT2D eigenvalue weighted by Gasteiger charge is -2.38. The summed E-state index contributed by atoms with van der Waals surface area (Å²) in [7, 11) is 0. The highest BCUT2D eigenvalue weighted by molar-refractivity contribution is 5.95. The number of pyridine rings is 1. The normalized spacial score (nSPS) is 18.5. The molecule has 0 saturated carbocycles. The molecule has 1 aromatic heterocycles. The van der Waals surface area contributed by atoms with Gasteiger partial charge in [0.2, 0.25) is 18.2 Å². The van der Waals surface area contributed by atoms with E-state index >= 15 is 0 Å². The second kappa shape index (κ2) is 13.9. The van der Waals surface area contributed by atoms with Crippen LogP contribution in [0.5, 0.6) is 0 Å². The molecule has 0 radical (unpaired) electrons. The molecule has 2 aliphatic rings. The van der Waals surface area contributed by atoms with Gasteiger partial charge >= 0.3 is 5.97 Å². The number of amides is 3. The van der Waals surface area contributed by atoms with Gasteiger partial charge in [-0.1, -0.05) is 26.2 Å². The van der Waals surface area contributed by atoms with Crippen LogP contribution < -0.4 is 4.90 Å². The number of esters is 1. The zero-order valence-electron chi connectivity index (χ0n) is 21.9. The Morgan fingerprint density at radius 3 is 2.62 bits per heavy atom. The Morgan fingerprint density at radius 2 is 1.95 bits per heavy atom. The average Bonchev–Trinajstić information content (AvgIpc) is 3.42. The maximum atomic E-state index is 13.5. The van der Waals surface area contributed by atoms with Crippen LogP contribution in [0.25, 0.3) is 0 Å². The Bertz CT molecular complexity index is 936. The van der Waals surface area contributed by atoms with Crippen LogP contribution >= 0.6 is 0 Å². The van der Waals surface area contributed by atoms with Gasteiger partial charge in [-0.25, -0.2) is 14.8 Å². The van der Waals surface area contributed by atoms with Gasteiger partial charge in [-0.3, -0.25) is 19.6 Å². The van der Waals surface area contributed by atoms with E-state index in [9.17, 15) is 24.4 Å². The molecule has 2 atom stereocenters. The molecular formula is C26H39N5O6. The Hall–Kier alpha value is -3.21. The molecule has 0 bridgehead atoms. The van der Waals surface area contributed by atoms with E-state index in [1.54, 1.807) is 35.1 Å². The average molecular weight is 518 g/mol. The minimum absolute atomic E-state index is 0.0744. The van der Waals surface area contributed by atoms with Crippen molar-refractivity contribution < 1.29 is 29.1 Å². The number of piperazine rings is 1. The highest BCUT2D eigenvalue weighted by Gasteiger charge is 2.40. The van der Waals surface area contributed by atoms with Gasteiger partial charge in [-0.05, 0) is 38.3 Å². The topological polar surface area (TPSA) is 124 Å². The molecule has 11 nitrogen and oxygen atoms in total. The predicted octanol–water partition coefficient (Wildman–Crippen LogP) is 1.94. The van der Waals surface area contributed by atoms with Crippen molar-refractivity contribution in [3.63, 3.8) is 0 Å². The lowest BCUT2D eigenvalue weighted by atomic mass is 9.98. The standard InChI is InChI=1S/C26H39N5O6/c1-3-5-6-9-20(18-30(36)19-32)24(33)31-13-8-11-22(31)25(34)29-16-14-28(15-17-29)23-21(10-7-12-27-23)26(35)37-4-2/h7,10,12,19-20,22,36H,3-6,8-9,11,13-18H2,1-2H3/t20-,22+/m1/s1. The minimum atomic E-state index is -0.544. The summed E-state index contributed by atoms with van der Waals surface area (Å²) in [6.07, 6.45) is 6.59. The number of rotatable bonds is 12. The maximum absolute atomic E-state index is 13.5. The third kappa shape index (κ3) is 7.18. The Balaban J connectivity index is 1.64. The number of likely N-dealkylation sites (tertiary alicyclic amines) is 1. The summed E-state index contributed by atoms with van der Waals surface area (Å²) in [5, 5.41) is 10.3. The van der Waals surface area contributed by atoms with Gasteiger partial charge in [0, 0.05) is 38.9 Å². The third-order valence-electron chi connectivity index (χ3n) is 7.03. The molecule has 2 saturated heterocycles. The van der Waals surface area contributed by atoms with Crippen LogP contribution in [-0.4, -0.2) is 101 Å². The van der Waals surface area contributed by atoms with E-state index in [0.717, 1.165) is 25.7 Å². The van der Waals surface area contributed by atoms with E-state index in [1.165, 1.54) is 0 Å². The summed E-state index contributed by atoms with van der Waals surface area (Å²) < 4.78 is 5.16. The van der Waals surface area contributed by atoms with Crippen LogP contribution in [0.1, 0.15) is 62.7 Å². The SMILES string of the molecule is CCCCC[C@H](CN(O)C=O)C(=O)N1CCC[C@H]1C(=O)N1CCN(c2ncccc2C(=O)OCC)CC1. The molecule has 0 aliphatic carbocycles. The summed E-state index contributed by atoms with van der Waals surface area (Å²) in [5.74, 6) is -0.685. The largest absolute Gasteiger partial charge is 0.462 e. The van der Waals surface area contributed by atoms with Crippen LogP contribution in [0.2, 0.25) is 0 Å². The number of carbonyl (C=O) groups excluding carboxylic acids is 4. The summed E-state index contributed by atoms with van der Waals surface area (Å²) in [4.78, 5) is 60.0. The minimum Gasteiger partial charge on any atom is -0.462 e. The first-order chi connectivity index (χ1) is 17.9. The molecule has 3 heterocycles. The predicted molar refractivity (Wildman–Crippen MR) is 136 cm³/mol. The number of anilines is 1. The molecule has 11 heteroatoms. The van der Waals surface area contributed by atoms with E-state index in [2.05, 4.69) is 11.9 Å². The molecular weight excluding hydrogens is 478 g/mol. The van der Waals surface area contributed by atoms with Crippen molar-refractivity contribution >= 4 is 30.0 Å². The number of ether oxygens (including phenoxy) is 1. The first kappa shape index (κ1) is 28.4. The monoisotopic (exact) mass is 517 g/mol. The van der Waals surface area contributed by atoms with E-state index in [1.807, 2.05) is 4.90 Å². The molecule has 2 aliphatic heterocycles. The molecule has 3 rings (SSSR count). The Labute approximate surface area is 218 Å². The van der Waals surface area contributed by atoms with Crippen molar-refractivity contribution in [2.45, 2.75) is 58.4 Å². The first-order valence-electron chi connectivity index (χ1n) is 13.3. The van der Waals surface area contributed by atoms with Gasteiger partial charge in [-0.2, -0.15) is 0 Å². The second-order valence-electron chi connectivity index (χ2n) is 9.52. The van der Waals surface area contributed by atoms with Gasteiger partial charge < -0.3 is 19.4 Å². The molecule has 0 spiro atoms. The molecule has 37 heavy (non-hydrogen) atoms. The Kier molecular flexibility index (Phi) is 10.7. The van der Waals surface area contributed by atoms with Crippen LogP contribution in [0.15, 0.2) is 18.3 Å². The fraction of sp³-hybridized carbons (Fsp3) is 0.654. The lowest BCUT2D eigenvalue weighted by Crippen LogP contribution is -2.55. The van der Waals surface area contributed by atoms with Crippen molar-refractivity contribution in [3.05, 3.63) is 23.9 Å². The van der Waals surface area contributed by atoms with Gasteiger partial charge in [0.1, 0.15) is 17.4 Å². The summed E-state index contributed by atoms with van der Waals surface area (Å²) in [6.45, 7) is 6.43. The quantitative estimate of drug-likeness (QED) is 0.147. The number of aromatic nitrogens is 1. The molecule has 204 valence electrons. The first-order valence-corrected chi connectivity index (χ1v) is 13.3. The molecule has 3 amide bonds. The molecule has 0 aromatic carbocycles. The second-order valence-corrected chi connectivity index (χ2v) is 9.52. The van der Waals surface area contributed by atoms with Crippen LogP contribution in [0, 0.1) is 5.92 Å². The van der Waals surface area contributed by atoms with E-state index in [4.69, 9.17) is 4.74 Å². The van der Waals surface area contributed by atoms with E-state index in [0.29, 0.717) is 68.4 Å². The zero-order valence-corrected chi connectivity index (χ0v) is 21.9. The van der Waals surface area contributed by atoms with Gasteiger partial charge in [-0.15, -0.1) is 0 Å². The van der Waals surface area contributed by atoms with Crippen molar-refractivity contribution in [2.24, 2.45) is 5.92 Å². The van der Waals surface area contributed by atoms with E-state index in [-0.39, 0.29) is 25.0 Å². The number of nitrogens with zero attached hydrogens (tertiary/aromatic N) is 5. The number of hydrogen-bond donors (Lipinski definition) is 1. The highest BCUT2D eigenvalue weighted by atomic mass is 16.5. The van der Waals surface area contributed by atoms with Gasteiger partial charge in [0.05, 0.1) is 19.1 Å². The number of hydrogen-bond acceptors (Lipinski definition) is 8. The van der Waals surface area contributed by atoms with Crippen molar-refractivity contribution in [1.82, 2.24) is 19.8 Å². The van der Waals surface area contributed by atoms with E-state index < -0.39 is 17.9 Å². The maximum Gasteiger partial charge on any atom is 0.341 e. The molecule has 1 aromatic rings. The van der Waals surface area contributed by atoms with Crippen LogP contribution in [0.3, 0.4) is 0 Å². The van der Waals surface area contributed by atoms with Crippen molar-refractivity contribution in [2.75, 3.05) is 50.8 Å². The number of hydroxylamine groups is 2. The number of carbonyl (C=O) groups is 4. The van der Waals surface area contributed by atoms with Crippen molar-refractivity contribution in [3.8, 4) is 0 Å². The summed E-state index contributed by atoms with van der Waals surface area (Å²) >= 11 is 0. The van der Waals surface area contributed by atoms with Crippen LogP contribution in [0.4, 0.5) is 5.82 Å².